The number of rotatable bonds is 46. The Bertz CT molecular complexity index is 1520. The number of nitrogens with zero attached hydrogens (tertiary/aromatic N) is 2. The zero-order valence-corrected chi connectivity index (χ0v) is 46.1. The van der Waals surface area contributed by atoms with E-state index in [1.807, 2.05) is 17.0 Å². The average Bonchev–Trinajstić information content (AvgIpc) is 3.39. The molecule has 8 heteroatoms. The smallest absolute Gasteiger partial charge is 0.223 e. The Balaban J connectivity index is 1.53. The minimum Gasteiger partial charge on any atom is -0.388 e. The van der Waals surface area contributed by atoms with Crippen LogP contribution in [0.2, 0.25) is 0 Å². The highest BCUT2D eigenvalue weighted by Gasteiger charge is 2.49. The summed E-state index contributed by atoms with van der Waals surface area (Å²) in [7, 11) is 1.55. The number of hydrogen-bond acceptors (Lipinski definition) is 6. The predicted octanol–water partition coefficient (Wildman–Crippen LogP) is 15.7. The van der Waals surface area contributed by atoms with Gasteiger partial charge in [0.1, 0.15) is 24.4 Å². The summed E-state index contributed by atoms with van der Waals surface area (Å²) >= 11 is 0. The zero-order valence-electron chi connectivity index (χ0n) is 46.1. The minimum atomic E-state index is -1.29. The normalized spacial score (nSPS) is 18.0. The van der Waals surface area contributed by atoms with Gasteiger partial charge in [0.25, 0.3) is 0 Å². The molecule has 0 aromatic heterocycles. The molecule has 0 spiro atoms. The maximum Gasteiger partial charge on any atom is 0.223 e. The van der Waals surface area contributed by atoms with Gasteiger partial charge in [-0.05, 0) is 62.5 Å². The highest BCUT2D eigenvalue weighted by atomic mass is 16.7. The number of carbonyl (C=O) groups excluding carboxylic acids is 2. The van der Waals surface area contributed by atoms with Gasteiger partial charge in [-0.3, -0.25) is 9.59 Å². The van der Waals surface area contributed by atoms with Crippen LogP contribution in [0.25, 0.3) is 0 Å². The van der Waals surface area contributed by atoms with Crippen LogP contribution in [0.5, 0.6) is 0 Å². The molecule has 2 aromatic carbocycles. The third kappa shape index (κ3) is 29.0. The van der Waals surface area contributed by atoms with Crippen molar-refractivity contribution in [2.24, 2.45) is 0 Å². The molecule has 3 rings (SSSR count). The zero-order chi connectivity index (χ0) is 50.8. The third-order valence-corrected chi connectivity index (χ3v) is 15.3. The first-order valence-corrected chi connectivity index (χ1v) is 30.1. The Morgan fingerprint density at radius 2 is 0.831 bits per heavy atom. The molecule has 0 radical (unpaired) electrons. The summed E-state index contributed by atoms with van der Waals surface area (Å²) in [5.74, 6) is 0.0398. The van der Waals surface area contributed by atoms with Crippen LogP contribution in [-0.2, 0) is 31.9 Å². The second kappa shape index (κ2) is 42.6. The number of ether oxygens (including phenoxy) is 2. The fourth-order valence-corrected chi connectivity index (χ4v) is 10.7. The lowest BCUT2D eigenvalue weighted by atomic mass is 9.93. The van der Waals surface area contributed by atoms with Gasteiger partial charge in [-0.1, -0.05) is 254 Å². The number of hydrogen-bond donors (Lipinski definition) is 2. The summed E-state index contributed by atoms with van der Waals surface area (Å²) in [6.45, 7) is 5.72. The molecule has 0 saturated carbocycles. The van der Waals surface area contributed by atoms with Crippen LogP contribution < -0.4 is 0 Å². The van der Waals surface area contributed by atoms with E-state index in [1.165, 1.54) is 165 Å². The lowest BCUT2D eigenvalue weighted by molar-refractivity contribution is -0.275. The molecule has 2 aromatic rings. The number of aliphatic hydroxyl groups is 2. The second-order valence-electron chi connectivity index (χ2n) is 21.5. The number of aryl methyl sites for hydroxylation is 2. The van der Waals surface area contributed by atoms with Crippen LogP contribution in [0, 0.1) is 0 Å². The second-order valence-corrected chi connectivity index (χ2v) is 21.5. The van der Waals surface area contributed by atoms with E-state index in [0.29, 0.717) is 25.9 Å². The van der Waals surface area contributed by atoms with Crippen molar-refractivity contribution in [2.75, 3.05) is 26.7 Å². The van der Waals surface area contributed by atoms with E-state index in [2.05, 4.69) is 62.4 Å². The maximum absolute atomic E-state index is 14.2. The maximum atomic E-state index is 14.2. The highest BCUT2D eigenvalue weighted by Crippen LogP contribution is 2.29. The van der Waals surface area contributed by atoms with Crippen molar-refractivity contribution in [1.29, 1.82) is 0 Å². The molecule has 0 bridgehead atoms. The number of aliphatic hydroxyl groups excluding tert-OH is 2. The summed E-state index contributed by atoms with van der Waals surface area (Å²) in [6.07, 6.45) is 39.9. The number of carbonyl (C=O) groups is 2. The Morgan fingerprint density at radius 1 is 0.465 bits per heavy atom. The van der Waals surface area contributed by atoms with Gasteiger partial charge in [-0.25, -0.2) is 0 Å². The van der Waals surface area contributed by atoms with Gasteiger partial charge in [0.05, 0.1) is 0 Å². The van der Waals surface area contributed by atoms with E-state index in [0.717, 1.165) is 77.0 Å². The molecule has 2 N–H and O–H groups in total. The van der Waals surface area contributed by atoms with E-state index < -0.39 is 30.6 Å². The van der Waals surface area contributed by atoms with Crippen LogP contribution in [0.1, 0.15) is 256 Å². The van der Waals surface area contributed by atoms with Gasteiger partial charge >= 0.3 is 0 Å². The molecule has 0 unspecified atom stereocenters. The summed E-state index contributed by atoms with van der Waals surface area (Å²) in [4.78, 5) is 31.8. The molecule has 406 valence electrons. The standard InChI is InChI=1S/C63H108N2O6/c1-4-6-8-10-12-14-16-18-20-22-24-26-28-30-38-50-58(66)64(52-42-40-48-55-44-34-32-35-45-55)54-57-61(68)62(69)60(63(70-3)71-57)65(53-43-41-49-56-46-36-33-37-47-56)59(67)51-39-31-29-27-25-23-21-19-17-15-13-11-9-7-5-2/h32-37,44-47,57,60-63,68-69H,4-31,38-43,48-54H2,1-3H3/t57-,60-,61-,62-,63+/m1/s1. The Labute approximate surface area is 436 Å². The first-order chi connectivity index (χ1) is 34.9. The lowest BCUT2D eigenvalue weighted by Crippen LogP contribution is -2.66. The van der Waals surface area contributed by atoms with Crippen molar-refractivity contribution in [3.63, 3.8) is 0 Å². The van der Waals surface area contributed by atoms with E-state index >= 15 is 0 Å². The van der Waals surface area contributed by atoms with Crippen LogP contribution in [0.4, 0.5) is 0 Å². The van der Waals surface area contributed by atoms with Gasteiger partial charge < -0.3 is 29.5 Å². The molecule has 1 saturated heterocycles. The van der Waals surface area contributed by atoms with Gasteiger partial charge in [0.15, 0.2) is 6.29 Å². The average molecular weight is 990 g/mol. The first-order valence-electron chi connectivity index (χ1n) is 30.1. The Hall–Kier alpha value is -2.78. The number of unbranched alkanes of at least 4 members (excludes halogenated alkanes) is 30. The lowest BCUT2D eigenvalue weighted by Gasteiger charge is -2.47. The molecule has 1 aliphatic heterocycles. The van der Waals surface area contributed by atoms with Crippen LogP contribution in [0.3, 0.4) is 0 Å². The molecule has 5 atom stereocenters. The first kappa shape index (κ1) is 62.5. The number of benzene rings is 2. The molecule has 8 nitrogen and oxygen atoms in total. The van der Waals surface area contributed by atoms with Crippen LogP contribution in [0.15, 0.2) is 60.7 Å². The van der Waals surface area contributed by atoms with Gasteiger partial charge in [0, 0.05) is 39.6 Å². The third-order valence-electron chi connectivity index (χ3n) is 15.3. The Kier molecular flexibility index (Phi) is 37.5. The largest absolute Gasteiger partial charge is 0.388 e. The molecular weight excluding hydrogens is 881 g/mol. The van der Waals surface area contributed by atoms with Crippen molar-refractivity contribution < 1.29 is 29.3 Å². The van der Waals surface area contributed by atoms with Crippen molar-refractivity contribution in [2.45, 2.75) is 288 Å². The van der Waals surface area contributed by atoms with Crippen LogP contribution in [-0.4, -0.2) is 89.2 Å². The summed E-state index contributed by atoms with van der Waals surface area (Å²) in [5, 5.41) is 23.9. The van der Waals surface area contributed by atoms with Crippen molar-refractivity contribution in [3.05, 3.63) is 71.8 Å². The van der Waals surface area contributed by atoms with Gasteiger partial charge in [-0.15, -0.1) is 0 Å². The Morgan fingerprint density at radius 3 is 1.23 bits per heavy atom. The topological polar surface area (TPSA) is 99.5 Å². The number of methoxy groups -OCH3 is 1. The van der Waals surface area contributed by atoms with Crippen LogP contribution >= 0.6 is 0 Å². The summed E-state index contributed by atoms with van der Waals surface area (Å²) < 4.78 is 12.5. The molecule has 0 aliphatic carbocycles. The molecule has 71 heavy (non-hydrogen) atoms. The fraction of sp³-hybridized carbons (Fsp3) is 0.778. The highest BCUT2D eigenvalue weighted by molar-refractivity contribution is 5.77. The summed E-state index contributed by atoms with van der Waals surface area (Å²) in [5.41, 5.74) is 2.54. The van der Waals surface area contributed by atoms with E-state index in [4.69, 9.17) is 9.47 Å². The molecule has 1 heterocycles. The van der Waals surface area contributed by atoms with Gasteiger partial charge in [-0.2, -0.15) is 0 Å². The SMILES string of the molecule is CCCCCCCCCCCCCCCCCC(=O)N(CCCCc1ccccc1)C[C@H]1O[C@H](OC)[C@H](N(CCCCc2ccccc2)C(=O)CCCCCCCCCCCCCCCCC)[C@@H](O)[C@@H]1O. The van der Waals surface area contributed by atoms with Gasteiger partial charge in [0.2, 0.25) is 11.8 Å². The molecule has 2 amide bonds. The van der Waals surface area contributed by atoms with Crippen molar-refractivity contribution >= 4 is 11.8 Å². The molecule has 1 fully saturated rings. The monoisotopic (exact) mass is 989 g/mol. The minimum absolute atomic E-state index is 0.0292. The number of amides is 2. The van der Waals surface area contributed by atoms with E-state index in [-0.39, 0.29) is 18.4 Å². The van der Waals surface area contributed by atoms with E-state index in [9.17, 15) is 19.8 Å². The predicted molar refractivity (Wildman–Crippen MR) is 298 cm³/mol. The quantitative estimate of drug-likeness (QED) is 0.0641. The summed E-state index contributed by atoms with van der Waals surface area (Å²) in [6, 6.07) is 20.0. The fourth-order valence-electron chi connectivity index (χ4n) is 10.7. The van der Waals surface area contributed by atoms with E-state index in [1.54, 1.807) is 12.0 Å². The van der Waals surface area contributed by atoms with Crippen molar-refractivity contribution in [3.8, 4) is 0 Å². The molecule has 1 aliphatic rings. The molecular formula is C63H108N2O6. The van der Waals surface area contributed by atoms with Crippen molar-refractivity contribution in [1.82, 2.24) is 9.80 Å².